The van der Waals surface area contributed by atoms with Crippen molar-refractivity contribution in [3.8, 4) is 11.5 Å². The second kappa shape index (κ2) is 22.6. The first-order valence-corrected chi connectivity index (χ1v) is 20.7. The van der Waals surface area contributed by atoms with Gasteiger partial charge in [-0.25, -0.2) is 0 Å². The standard InChI is InChI=1S/C44H38Cl4N8O8/c1-23(57)37(55-53-35-19-27(11-13-31(35)47)41(59)49-29-9-5-7-25(17-29)21-45)43(61)51-33-15-16-34(40(64-4)39(33)63-3)52-44(62)38(24(2)58)56-54-36-20-28(12-14-32(36)48)42(60)50-30-10-6-8-26(18-30)22-46/h5-20,37-38H,21-22H2,1-4H3,(H,49,59)(H,50,60)(H,51,61)(H,52,62). The Kier molecular flexibility index (Phi) is 17.0. The Morgan fingerprint density at radius 2 is 0.938 bits per heavy atom. The average Bonchev–Trinajstić information content (AvgIpc) is 3.27. The monoisotopic (exact) mass is 946 g/mol. The first-order valence-electron chi connectivity index (χ1n) is 18.9. The van der Waals surface area contributed by atoms with Gasteiger partial charge in [-0.05, 0) is 97.8 Å². The van der Waals surface area contributed by atoms with Crippen LogP contribution in [0.2, 0.25) is 10.0 Å². The van der Waals surface area contributed by atoms with E-state index in [-0.39, 0.29) is 67.2 Å². The molecular formula is C44H38Cl4N8O8. The van der Waals surface area contributed by atoms with Crippen molar-refractivity contribution in [3.05, 3.63) is 129 Å². The molecule has 64 heavy (non-hydrogen) atoms. The zero-order chi connectivity index (χ0) is 46.5. The van der Waals surface area contributed by atoms with Crippen LogP contribution in [0.4, 0.5) is 34.1 Å². The highest BCUT2D eigenvalue weighted by Gasteiger charge is 2.28. The number of carbonyl (C=O) groups excluding carboxylic acids is 6. The van der Waals surface area contributed by atoms with Crippen LogP contribution in [0.25, 0.3) is 0 Å². The van der Waals surface area contributed by atoms with Crippen LogP contribution < -0.4 is 30.7 Å². The van der Waals surface area contributed by atoms with E-state index >= 15 is 0 Å². The molecule has 2 unspecified atom stereocenters. The van der Waals surface area contributed by atoms with Gasteiger partial charge in [0.05, 0.1) is 35.6 Å². The number of methoxy groups -OCH3 is 2. The number of nitrogens with zero attached hydrogens (tertiary/aromatic N) is 4. The molecule has 2 atom stereocenters. The van der Waals surface area contributed by atoms with Gasteiger partial charge >= 0.3 is 0 Å². The number of amides is 4. The first-order chi connectivity index (χ1) is 30.6. The van der Waals surface area contributed by atoms with Crippen LogP contribution in [0.1, 0.15) is 45.7 Å². The Balaban J connectivity index is 1.30. The summed E-state index contributed by atoms with van der Waals surface area (Å²) >= 11 is 24.5. The number of alkyl halides is 2. The minimum Gasteiger partial charge on any atom is -0.491 e. The summed E-state index contributed by atoms with van der Waals surface area (Å²) in [6.07, 6.45) is 0. The number of ether oxygens (including phenoxy) is 2. The SMILES string of the molecule is COc1c(NC(=O)C(N=Nc2cc(C(=O)Nc3cccc(CCl)c3)ccc2Cl)C(C)=O)ccc(NC(=O)C(N=Nc2cc(C(=O)Nc3cccc(CCl)c3)ccc2Cl)C(C)=O)c1OC. The lowest BCUT2D eigenvalue weighted by Crippen LogP contribution is -2.32. The van der Waals surface area contributed by atoms with Gasteiger partial charge in [-0.1, -0.05) is 47.5 Å². The number of ketones is 2. The maximum absolute atomic E-state index is 13.5. The van der Waals surface area contributed by atoms with Crippen molar-refractivity contribution in [1.29, 1.82) is 0 Å². The minimum absolute atomic E-state index is 0.00635. The second-order valence-corrected chi connectivity index (χ2v) is 14.9. The zero-order valence-electron chi connectivity index (χ0n) is 34.4. The van der Waals surface area contributed by atoms with E-state index in [9.17, 15) is 28.8 Å². The smallest absolute Gasteiger partial charge is 0.258 e. The van der Waals surface area contributed by atoms with Crippen LogP contribution in [0.15, 0.2) is 118 Å². The fraction of sp³-hybridized carbons (Fsp3) is 0.182. The molecule has 5 rings (SSSR count). The van der Waals surface area contributed by atoms with Crippen molar-refractivity contribution < 1.29 is 38.2 Å². The molecule has 0 bridgehead atoms. The summed E-state index contributed by atoms with van der Waals surface area (Å²) in [6.45, 7) is 2.27. The largest absolute Gasteiger partial charge is 0.491 e. The molecule has 20 heteroatoms. The second-order valence-electron chi connectivity index (χ2n) is 13.6. The normalized spacial score (nSPS) is 12.0. The lowest BCUT2D eigenvalue weighted by Gasteiger charge is -2.19. The number of hydrogen-bond acceptors (Lipinski definition) is 12. The molecule has 0 aliphatic rings. The van der Waals surface area contributed by atoms with Gasteiger partial charge in [-0.15, -0.1) is 23.2 Å². The summed E-state index contributed by atoms with van der Waals surface area (Å²) in [4.78, 5) is 78.4. The van der Waals surface area contributed by atoms with Crippen LogP contribution in [0.3, 0.4) is 0 Å². The highest BCUT2D eigenvalue weighted by molar-refractivity contribution is 6.33. The van der Waals surface area contributed by atoms with E-state index in [1.165, 1.54) is 62.8 Å². The molecule has 330 valence electrons. The maximum atomic E-state index is 13.5. The van der Waals surface area contributed by atoms with Crippen LogP contribution in [-0.4, -0.2) is 61.5 Å². The van der Waals surface area contributed by atoms with Gasteiger partial charge in [-0.2, -0.15) is 20.5 Å². The predicted octanol–water partition coefficient (Wildman–Crippen LogP) is 10.4. The molecule has 0 saturated carbocycles. The van der Waals surface area contributed by atoms with E-state index in [1.54, 1.807) is 36.4 Å². The summed E-state index contributed by atoms with van der Waals surface area (Å²) < 4.78 is 11.0. The predicted molar refractivity (Wildman–Crippen MR) is 246 cm³/mol. The number of anilines is 4. The van der Waals surface area contributed by atoms with Crippen molar-refractivity contribution in [2.24, 2.45) is 20.5 Å². The topological polar surface area (TPSA) is 218 Å². The number of nitrogens with one attached hydrogen (secondary N) is 4. The summed E-state index contributed by atoms with van der Waals surface area (Å²) in [5.74, 6) is -3.82. The summed E-state index contributed by atoms with van der Waals surface area (Å²) in [5.41, 5.74) is 3.00. The Hall–Kier alpha value is -6.72. The van der Waals surface area contributed by atoms with Crippen molar-refractivity contribution in [3.63, 3.8) is 0 Å². The van der Waals surface area contributed by atoms with Crippen molar-refractivity contribution in [2.75, 3.05) is 35.5 Å². The molecule has 0 saturated heterocycles. The van der Waals surface area contributed by atoms with Gasteiger partial charge in [0.25, 0.3) is 23.6 Å². The summed E-state index contributed by atoms with van der Waals surface area (Å²) in [6, 6.07) is 21.8. The average molecular weight is 949 g/mol. The number of azo groups is 2. The molecule has 16 nitrogen and oxygen atoms in total. The quantitative estimate of drug-likeness (QED) is 0.0375. The van der Waals surface area contributed by atoms with Crippen molar-refractivity contribution >= 4 is 116 Å². The lowest BCUT2D eigenvalue weighted by molar-refractivity contribution is -0.127. The lowest BCUT2D eigenvalue weighted by atomic mass is 10.1. The van der Waals surface area contributed by atoms with E-state index in [0.29, 0.717) is 11.4 Å². The molecule has 0 aliphatic heterocycles. The Morgan fingerprint density at radius 1 is 0.547 bits per heavy atom. The number of halogens is 4. The van der Waals surface area contributed by atoms with Crippen LogP contribution in [0, 0.1) is 0 Å². The molecule has 4 amide bonds. The van der Waals surface area contributed by atoms with Gasteiger partial charge < -0.3 is 30.7 Å². The highest BCUT2D eigenvalue weighted by atomic mass is 35.5. The Labute approximate surface area is 386 Å². The van der Waals surface area contributed by atoms with Gasteiger partial charge in [0.2, 0.25) is 12.1 Å². The third-order valence-electron chi connectivity index (χ3n) is 8.96. The number of Topliss-reactive ketones (excluding diaryl/α,β-unsaturated/α-hetero) is 2. The fourth-order valence-corrected chi connectivity index (χ4v) is 6.42. The van der Waals surface area contributed by atoms with Crippen molar-refractivity contribution in [1.82, 2.24) is 0 Å². The Bertz CT molecular complexity index is 2500. The minimum atomic E-state index is -1.68. The summed E-state index contributed by atoms with van der Waals surface area (Å²) in [5, 5.41) is 26.8. The van der Waals surface area contributed by atoms with Gasteiger partial charge in [0.1, 0.15) is 11.4 Å². The molecule has 0 heterocycles. The van der Waals surface area contributed by atoms with Crippen molar-refractivity contribution in [2.45, 2.75) is 37.7 Å². The number of rotatable bonds is 18. The van der Waals surface area contributed by atoms with E-state index in [2.05, 4.69) is 41.7 Å². The van der Waals surface area contributed by atoms with Gasteiger partial charge in [0, 0.05) is 34.3 Å². The van der Waals surface area contributed by atoms with E-state index in [1.807, 2.05) is 12.1 Å². The maximum Gasteiger partial charge on any atom is 0.258 e. The van der Waals surface area contributed by atoms with E-state index in [0.717, 1.165) is 25.0 Å². The molecule has 0 aliphatic carbocycles. The number of hydrogen-bond donors (Lipinski definition) is 4. The molecule has 0 radical (unpaired) electrons. The first kappa shape index (κ1) is 48.3. The molecule has 4 N–H and O–H groups in total. The highest BCUT2D eigenvalue weighted by Crippen LogP contribution is 2.42. The number of benzene rings is 5. The molecular weight excluding hydrogens is 910 g/mol. The Morgan fingerprint density at radius 3 is 1.28 bits per heavy atom. The van der Waals surface area contributed by atoms with Gasteiger partial charge in [-0.3, -0.25) is 28.8 Å². The van der Waals surface area contributed by atoms with Gasteiger partial charge in [0.15, 0.2) is 23.1 Å². The molecule has 0 fully saturated rings. The zero-order valence-corrected chi connectivity index (χ0v) is 37.4. The molecule has 0 aromatic heterocycles. The van der Waals surface area contributed by atoms with Crippen LogP contribution >= 0.6 is 46.4 Å². The van der Waals surface area contributed by atoms with E-state index in [4.69, 9.17) is 55.9 Å². The summed E-state index contributed by atoms with van der Waals surface area (Å²) in [7, 11) is 2.53. The number of carbonyl (C=O) groups is 6. The third kappa shape index (κ3) is 12.5. The van der Waals surface area contributed by atoms with E-state index < -0.39 is 47.3 Å². The fourth-order valence-electron chi connectivity index (χ4n) is 5.78. The third-order valence-corrected chi connectivity index (χ3v) is 10.2. The molecule has 0 spiro atoms. The van der Waals surface area contributed by atoms with Crippen LogP contribution in [-0.2, 0) is 30.9 Å². The molecule has 5 aromatic carbocycles. The molecule has 5 aromatic rings. The van der Waals surface area contributed by atoms with Crippen LogP contribution in [0.5, 0.6) is 11.5 Å².